The van der Waals surface area contributed by atoms with Crippen molar-refractivity contribution in [3.63, 3.8) is 0 Å². The van der Waals surface area contributed by atoms with Gasteiger partial charge in [-0.3, -0.25) is 4.79 Å². The molecule has 0 aliphatic heterocycles. The third-order valence-electron chi connectivity index (χ3n) is 4.31. The zero-order valence-electron chi connectivity index (χ0n) is 17.2. The van der Waals surface area contributed by atoms with E-state index in [0.29, 0.717) is 5.56 Å². The Labute approximate surface area is 171 Å². The number of rotatable bonds is 7. The molecule has 0 saturated carbocycles. The number of sulfonamides is 1. The molecule has 0 spiro atoms. The van der Waals surface area contributed by atoms with Gasteiger partial charge in [-0.15, -0.1) is 0 Å². The molecule has 1 atom stereocenters. The van der Waals surface area contributed by atoms with Crippen LogP contribution in [0.25, 0.3) is 0 Å². The van der Waals surface area contributed by atoms with Crippen LogP contribution >= 0.6 is 0 Å². The van der Waals surface area contributed by atoms with Gasteiger partial charge in [0.1, 0.15) is 12.6 Å². The summed E-state index contributed by atoms with van der Waals surface area (Å²) >= 11 is 0. The highest BCUT2D eigenvalue weighted by Crippen LogP contribution is 2.23. The molecule has 0 heterocycles. The highest BCUT2D eigenvalue weighted by atomic mass is 32.2. The third-order valence-corrected chi connectivity index (χ3v) is 5.87. The first-order valence-corrected chi connectivity index (χ1v) is 10.5. The van der Waals surface area contributed by atoms with Crippen LogP contribution in [0.15, 0.2) is 47.4 Å². The van der Waals surface area contributed by atoms with E-state index in [0.717, 1.165) is 5.56 Å². The number of hydrogen-bond acceptors (Lipinski definition) is 5. The maximum absolute atomic E-state index is 13.7. The molecule has 0 bridgehead atoms. The van der Waals surface area contributed by atoms with Gasteiger partial charge in [-0.05, 0) is 47.7 Å². The van der Waals surface area contributed by atoms with Crippen molar-refractivity contribution in [2.75, 3.05) is 7.11 Å². The molecule has 0 aromatic heterocycles. The average Bonchev–Trinajstić information content (AvgIpc) is 2.65. The maximum atomic E-state index is 13.7. The Bertz CT molecular complexity index is 966. The van der Waals surface area contributed by atoms with E-state index in [1.807, 2.05) is 20.8 Å². The van der Waals surface area contributed by atoms with Gasteiger partial charge in [-0.25, -0.2) is 12.8 Å². The first-order valence-electron chi connectivity index (χ1n) is 9.06. The Hall–Kier alpha value is -2.45. The summed E-state index contributed by atoms with van der Waals surface area (Å²) in [6.45, 7) is 7.29. The summed E-state index contributed by atoms with van der Waals surface area (Å²) < 4.78 is 50.9. The molecular weight excluding hydrogens is 397 g/mol. The summed E-state index contributed by atoms with van der Waals surface area (Å²) in [5.41, 5.74) is 1.31. The number of methoxy groups -OCH3 is 1. The second-order valence-corrected chi connectivity index (χ2v) is 9.41. The number of esters is 1. The van der Waals surface area contributed by atoms with Crippen LogP contribution in [0.4, 0.5) is 4.39 Å². The van der Waals surface area contributed by atoms with E-state index in [1.54, 1.807) is 18.2 Å². The highest BCUT2D eigenvalue weighted by molar-refractivity contribution is 7.89. The zero-order valence-corrected chi connectivity index (χ0v) is 18.0. The third kappa shape index (κ3) is 6.01. The van der Waals surface area contributed by atoms with E-state index < -0.39 is 27.9 Å². The highest BCUT2D eigenvalue weighted by Gasteiger charge is 2.24. The van der Waals surface area contributed by atoms with Crippen LogP contribution in [0.5, 0.6) is 5.75 Å². The number of ether oxygens (including phenoxy) is 2. The molecule has 0 aliphatic rings. The van der Waals surface area contributed by atoms with Crippen molar-refractivity contribution < 1.29 is 27.1 Å². The minimum Gasteiger partial charge on any atom is -0.494 e. The van der Waals surface area contributed by atoms with E-state index in [9.17, 15) is 17.6 Å². The fourth-order valence-electron chi connectivity index (χ4n) is 2.56. The molecule has 0 fully saturated rings. The smallest absolute Gasteiger partial charge is 0.324 e. The van der Waals surface area contributed by atoms with Gasteiger partial charge in [-0.1, -0.05) is 39.0 Å². The van der Waals surface area contributed by atoms with Gasteiger partial charge < -0.3 is 9.47 Å². The number of halogens is 1. The Morgan fingerprint density at radius 2 is 1.76 bits per heavy atom. The van der Waals surface area contributed by atoms with Crippen molar-refractivity contribution in [1.29, 1.82) is 0 Å². The van der Waals surface area contributed by atoms with E-state index in [2.05, 4.69) is 4.72 Å². The molecule has 0 unspecified atom stereocenters. The topological polar surface area (TPSA) is 81.7 Å². The van der Waals surface area contributed by atoms with Crippen LogP contribution in [0.2, 0.25) is 0 Å². The Balaban J connectivity index is 1.99. The number of carbonyl (C=O) groups excluding carboxylic acids is 1. The summed E-state index contributed by atoms with van der Waals surface area (Å²) in [5, 5.41) is 0. The molecule has 1 N–H and O–H groups in total. The van der Waals surface area contributed by atoms with Crippen molar-refractivity contribution in [2.45, 2.75) is 50.7 Å². The normalized spacial score (nSPS) is 13.0. The Morgan fingerprint density at radius 3 is 2.28 bits per heavy atom. The second kappa shape index (κ2) is 8.92. The number of nitrogens with one attached hydrogen (secondary N) is 1. The van der Waals surface area contributed by atoms with Crippen molar-refractivity contribution >= 4 is 16.0 Å². The molecule has 0 radical (unpaired) electrons. The minimum atomic E-state index is -3.89. The lowest BCUT2D eigenvalue weighted by Crippen LogP contribution is -2.39. The first kappa shape index (κ1) is 22.8. The SMILES string of the molecule is COc1ccc(COC(=O)[C@H](C)NS(=O)(=O)c2ccc(C(C)(C)C)cc2)cc1F. The zero-order chi connectivity index (χ0) is 21.8. The Morgan fingerprint density at radius 1 is 1.14 bits per heavy atom. The van der Waals surface area contributed by atoms with E-state index in [4.69, 9.17) is 9.47 Å². The van der Waals surface area contributed by atoms with Crippen LogP contribution in [-0.2, 0) is 31.6 Å². The lowest BCUT2D eigenvalue weighted by atomic mass is 9.87. The summed E-state index contributed by atoms with van der Waals surface area (Å²) in [6, 6.07) is 9.56. The lowest BCUT2D eigenvalue weighted by molar-refractivity contribution is -0.146. The fraction of sp³-hybridized carbons (Fsp3) is 0.381. The van der Waals surface area contributed by atoms with E-state index in [1.165, 1.54) is 38.3 Å². The molecule has 0 aliphatic carbocycles. The molecular formula is C21H26FNO5S. The van der Waals surface area contributed by atoms with Gasteiger partial charge in [0.15, 0.2) is 11.6 Å². The van der Waals surface area contributed by atoms with Crippen molar-refractivity contribution in [1.82, 2.24) is 4.72 Å². The van der Waals surface area contributed by atoms with Crippen LogP contribution in [0, 0.1) is 5.82 Å². The molecule has 0 saturated heterocycles. The monoisotopic (exact) mass is 423 g/mol. The molecule has 158 valence electrons. The van der Waals surface area contributed by atoms with Gasteiger partial charge in [0.2, 0.25) is 10.0 Å². The predicted octanol–water partition coefficient (Wildman–Crippen LogP) is 3.54. The lowest BCUT2D eigenvalue weighted by Gasteiger charge is -2.19. The van der Waals surface area contributed by atoms with Gasteiger partial charge in [0.25, 0.3) is 0 Å². The van der Waals surface area contributed by atoms with E-state index >= 15 is 0 Å². The summed E-state index contributed by atoms with van der Waals surface area (Å²) in [6.07, 6.45) is 0. The molecule has 0 amide bonds. The van der Waals surface area contributed by atoms with Gasteiger partial charge in [0, 0.05) is 0 Å². The van der Waals surface area contributed by atoms with Crippen LogP contribution < -0.4 is 9.46 Å². The largest absolute Gasteiger partial charge is 0.494 e. The van der Waals surface area contributed by atoms with Crippen molar-refractivity contribution in [3.05, 3.63) is 59.4 Å². The van der Waals surface area contributed by atoms with Crippen LogP contribution in [0.1, 0.15) is 38.8 Å². The predicted molar refractivity (Wildman–Crippen MR) is 108 cm³/mol. The number of hydrogen-bond donors (Lipinski definition) is 1. The molecule has 2 rings (SSSR count). The fourth-order valence-corrected chi connectivity index (χ4v) is 3.75. The Kier molecular flexibility index (Phi) is 7.02. The standard InChI is InChI=1S/C21H26FNO5S/c1-14(20(24)28-13-15-6-11-19(27-5)18(22)12-15)23-29(25,26)17-9-7-16(8-10-17)21(2,3)4/h6-12,14,23H,13H2,1-5H3/t14-/m0/s1. The average molecular weight is 424 g/mol. The van der Waals surface area contributed by atoms with Crippen LogP contribution in [0.3, 0.4) is 0 Å². The molecule has 29 heavy (non-hydrogen) atoms. The van der Waals surface area contributed by atoms with Gasteiger partial charge in [-0.2, -0.15) is 4.72 Å². The number of carbonyl (C=O) groups is 1. The molecule has 2 aromatic rings. The van der Waals surface area contributed by atoms with Crippen molar-refractivity contribution in [3.8, 4) is 5.75 Å². The molecule has 6 nitrogen and oxygen atoms in total. The summed E-state index contributed by atoms with van der Waals surface area (Å²) in [5.74, 6) is -1.26. The van der Waals surface area contributed by atoms with E-state index in [-0.39, 0.29) is 22.7 Å². The number of benzene rings is 2. The quantitative estimate of drug-likeness (QED) is 0.689. The van der Waals surface area contributed by atoms with Gasteiger partial charge >= 0.3 is 5.97 Å². The molecule has 8 heteroatoms. The van der Waals surface area contributed by atoms with Crippen LogP contribution in [-0.4, -0.2) is 27.5 Å². The summed E-state index contributed by atoms with van der Waals surface area (Å²) in [7, 11) is -2.54. The summed E-state index contributed by atoms with van der Waals surface area (Å²) in [4.78, 5) is 12.2. The minimum absolute atomic E-state index is 0.0578. The second-order valence-electron chi connectivity index (χ2n) is 7.69. The molecule has 2 aromatic carbocycles. The maximum Gasteiger partial charge on any atom is 0.324 e. The van der Waals surface area contributed by atoms with Gasteiger partial charge in [0.05, 0.1) is 12.0 Å². The first-order chi connectivity index (χ1) is 13.4. The van der Waals surface area contributed by atoms with Crippen molar-refractivity contribution in [2.24, 2.45) is 0 Å².